The van der Waals surface area contributed by atoms with Crippen molar-refractivity contribution in [2.75, 3.05) is 0 Å². The quantitative estimate of drug-likeness (QED) is 0.312. The summed E-state index contributed by atoms with van der Waals surface area (Å²) in [5.74, 6) is 0. The van der Waals surface area contributed by atoms with Gasteiger partial charge < -0.3 is 28.2 Å². The molecule has 0 saturated carbocycles. The van der Waals surface area contributed by atoms with Crippen LogP contribution in [0.5, 0.6) is 0 Å². The van der Waals surface area contributed by atoms with Crippen LogP contribution in [0.1, 0.15) is 0 Å². The van der Waals surface area contributed by atoms with Crippen LogP contribution in [0, 0.1) is 0 Å². The molecule has 53 valence electrons. The zero-order chi connectivity index (χ0) is 0. The maximum Gasteiger partial charge on any atom is 0 e. The van der Waals surface area contributed by atoms with E-state index in [4.69, 9.17) is 0 Å². The first-order valence-electron chi connectivity index (χ1n) is 0. The topological polar surface area (TPSA) is 0 Å². The van der Waals surface area contributed by atoms with Crippen molar-refractivity contribution >= 4 is 0 Å². The van der Waals surface area contributed by atoms with E-state index in [1.807, 2.05) is 0 Å². The molecule has 0 aromatic carbocycles. The fraction of sp³-hybridized carbons (Fsp3) is 0. The van der Waals surface area contributed by atoms with E-state index in [1.165, 1.54) is 0 Å². The Bertz CT molecular complexity index is 4.14. The number of hydrogen-bond acceptors (Lipinski definition) is 0. The van der Waals surface area contributed by atoms with Crippen molar-refractivity contribution in [2.24, 2.45) is 0 Å². The monoisotopic (exact) mass is 165 g/mol. The molecule has 7 heteroatoms. The molecule has 0 aromatic rings. The number of hydrogen-bond donors (Lipinski definition) is 0. The first-order chi connectivity index (χ1) is 0. The van der Waals surface area contributed by atoms with E-state index >= 15 is 0 Å². The van der Waals surface area contributed by atoms with Gasteiger partial charge in [0, 0.05) is 18.6 Å². The van der Waals surface area contributed by atoms with Gasteiger partial charge in [-0.25, -0.2) is 0 Å². The largest absolute Gasteiger partial charge is 1.00 e. The SMILES string of the molecule is [F-].[F-].[F-].[F-].[F-].[F-].[V]. The van der Waals surface area contributed by atoms with Gasteiger partial charge in [-0.15, -0.1) is 0 Å². The fourth-order valence-corrected chi connectivity index (χ4v) is 0. The van der Waals surface area contributed by atoms with E-state index in [0.29, 0.717) is 0 Å². The molecule has 0 aromatic heterocycles. The van der Waals surface area contributed by atoms with Gasteiger partial charge in [-0.1, -0.05) is 0 Å². The summed E-state index contributed by atoms with van der Waals surface area (Å²) in [7, 11) is 0. The summed E-state index contributed by atoms with van der Waals surface area (Å²) in [5, 5.41) is 0. The van der Waals surface area contributed by atoms with Crippen LogP contribution in [0.3, 0.4) is 0 Å². The molecule has 7 heavy (non-hydrogen) atoms. The van der Waals surface area contributed by atoms with Crippen LogP contribution in [0.15, 0.2) is 0 Å². The van der Waals surface area contributed by atoms with E-state index in [1.54, 1.807) is 0 Å². The van der Waals surface area contributed by atoms with Crippen molar-refractivity contribution in [2.45, 2.75) is 0 Å². The molecular weight excluding hydrogens is 165 g/mol. The van der Waals surface area contributed by atoms with E-state index in [0.717, 1.165) is 0 Å². The molecule has 0 aliphatic carbocycles. The normalized spacial score (nSPS) is 0. The van der Waals surface area contributed by atoms with Crippen molar-refractivity contribution in [1.29, 1.82) is 0 Å². The van der Waals surface area contributed by atoms with Crippen molar-refractivity contribution in [1.82, 2.24) is 0 Å². The molecule has 0 heterocycles. The maximum absolute atomic E-state index is 0. The van der Waals surface area contributed by atoms with E-state index in [2.05, 4.69) is 0 Å². The molecule has 0 bridgehead atoms. The fourth-order valence-electron chi connectivity index (χ4n) is 0. The predicted molar refractivity (Wildman–Crippen MR) is 0 cm³/mol. The van der Waals surface area contributed by atoms with Gasteiger partial charge in [0.05, 0.1) is 0 Å². The Morgan fingerprint density at radius 2 is 0.286 bits per heavy atom. The van der Waals surface area contributed by atoms with Crippen molar-refractivity contribution in [3.63, 3.8) is 0 Å². The van der Waals surface area contributed by atoms with Crippen LogP contribution in [0.25, 0.3) is 0 Å². The van der Waals surface area contributed by atoms with Crippen molar-refractivity contribution in [3.05, 3.63) is 0 Å². The van der Waals surface area contributed by atoms with Gasteiger partial charge in [0.1, 0.15) is 0 Å². The molecule has 0 fully saturated rings. The van der Waals surface area contributed by atoms with Gasteiger partial charge >= 0.3 is 0 Å². The minimum Gasteiger partial charge on any atom is -1.00 e. The average molecular weight is 165 g/mol. The zero-order valence-corrected chi connectivity index (χ0v) is 4.11. The van der Waals surface area contributed by atoms with Crippen LogP contribution < -0.4 is 28.2 Å². The molecule has 0 aliphatic rings. The third kappa shape index (κ3) is 3950. The maximum atomic E-state index is 0. The van der Waals surface area contributed by atoms with Gasteiger partial charge in [0.2, 0.25) is 0 Å². The van der Waals surface area contributed by atoms with Crippen LogP contribution in [-0.2, 0) is 18.6 Å². The molecule has 0 atom stereocenters. The summed E-state index contributed by atoms with van der Waals surface area (Å²) in [6, 6.07) is 0. The first-order valence-corrected chi connectivity index (χ1v) is 0. The predicted octanol–water partition coefficient (Wildman–Crippen LogP) is -18.0. The average Bonchev–Trinajstić information content (AvgIpc) is 0. The molecule has 0 unspecified atom stereocenters. The summed E-state index contributed by atoms with van der Waals surface area (Å²) in [4.78, 5) is 0. The minimum absolute atomic E-state index is 0. The molecule has 0 N–H and O–H groups in total. The molecular formula is F6V-6. The smallest absolute Gasteiger partial charge is 0 e. The summed E-state index contributed by atoms with van der Waals surface area (Å²) in [5.41, 5.74) is 0. The molecule has 0 amide bonds. The second kappa shape index (κ2) is 6080. The van der Waals surface area contributed by atoms with Gasteiger partial charge in [-0.05, 0) is 0 Å². The Morgan fingerprint density at radius 3 is 0.286 bits per heavy atom. The second-order valence-electron chi connectivity index (χ2n) is 0. The Hall–Kier alpha value is 0.164. The Labute approximate surface area is 47.7 Å². The second-order valence-corrected chi connectivity index (χ2v) is 0. The molecule has 0 spiro atoms. The Morgan fingerprint density at radius 1 is 0.286 bits per heavy atom. The summed E-state index contributed by atoms with van der Waals surface area (Å²) in [6.07, 6.45) is 0. The third-order valence-electron chi connectivity index (χ3n) is 0. The summed E-state index contributed by atoms with van der Waals surface area (Å²) < 4.78 is 0. The van der Waals surface area contributed by atoms with Crippen molar-refractivity contribution < 1.29 is 46.8 Å². The van der Waals surface area contributed by atoms with E-state index in [-0.39, 0.29) is 46.8 Å². The number of rotatable bonds is 0. The van der Waals surface area contributed by atoms with Crippen LogP contribution >= 0.6 is 0 Å². The standard InChI is InChI=1S/6FH.V/h6*1H;/p-6. The first kappa shape index (κ1) is 10100. The molecule has 0 rings (SSSR count). The molecule has 0 nitrogen and oxygen atoms in total. The van der Waals surface area contributed by atoms with Crippen LogP contribution in [-0.4, -0.2) is 0 Å². The summed E-state index contributed by atoms with van der Waals surface area (Å²) >= 11 is 0. The molecule has 1 radical (unpaired) electrons. The molecule has 0 aliphatic heterocycles. The van der Waals surface area contributed by atoms with Crippen LogP contribution in [0.4, 0.5) is 0 Å². The zero-order valence-electron chi connectivity index (χ0n) is 2.72. The Balaban J connectivity index is 0. The molecule has 0 saturated heterocycles. The Kier molecular flexibility index (Phi) is 8750000. The third-order valence-corrected chi connectivity index (χ3v) is 0. The van der Waals surface area contributed by atoms with Gasteiger partial charge in [-0.2, -0.15) is 0 Å². The summed E-state index contributed by atoms with van der Waals surface area (Å²) in [6.45, 7) is 0. The minimum atomic E-state index is 0. The van der Waals surface area contributed by atoms with Gasteiger partial charge in [-0.3, -0.25) is 0 Å². The van der Waals surface area contributed by atoms with Crippen LogP contribution in [0.2, 0.25) is 0 Å². The van der Waals surface area contributed by atoms with Crippen molar-refractivity contribution in [3.8, 4) is 0 Å². The van der Waals surface area contributed by atoms with E-state index in [9.17, 15) is 0 Å². The van der Waals surface area contributed by atoms with Gasteiger partial charge in [0.25, 0.3) is 0 Å². The number of halogens is 6. The van der Waals surface area contributed by atoms with E-state index < -0.39 is 0 Å². The van der Waals surface area contributed by atoms with Gasteiger partial charge in [0.15, 0.2) is 0 Å².